The van der Waals surface area contributed by atoms with E-state index in [9.17, 15) is 13.2 Å². The number of nitrogens with zero attached hydrogens (tertiary/aromatic N) is 1. The summed E-state index contributed by atoms with van der Waals surface area (Å²) in [5.41, 5.74) is 0.427. The molecule has 1 amide bonds. The molecule has 1 aromatic carbocycles. The van der Waals surface area contributed by atoms with Gasteiger partial charge < -0.3 is 20.1 Å². The third-order valence-corrected chi connectivity index (χ3v) is 6.37. The molecule has 1 aliphatic heterocycles. The normalized spacial score (nSPS) is 17.8. The molecule has 8 nitrogen and oxygen atoms in total. The number of sulfonamides is 1. The fourth-order valence-electron chi connectivity index (χ4n) is 2.80. The highest BCUT2D eigenvalue weighted by molar-refractivity contribution is 7.89. The van der Waals surface area contributed by atoms with Crippen LogP contribution in [0.15, 0.2) is 23.1 Å². The van der Waals surface area contributed by atoms with Crippen LogP contribution in [-0.2, 0) is 19.6 Å². The summed E-state index contributed by atoms with van der Waals surface area (Å²) in [6, 6.07) is 4.64. The summed E-state index contributed by atoms with van der Waals surface area (Å²) < 4.78 is 37.7. The van der Waals surface area contributed by atoms with Gasteiger partial charge in [0.2, 0.25) is 15.9 Å². The van der Waals surface area contributed by atoms with Crippen molar-refractivity contribution in [2.45, 2.75) is 17.7 Å². The van der Waals surface area contributed by atoms with Crippen LogP contribution < -0.4 is 15.4 Å². The van der Waals surface area contributed by atoms with E-state index in [4.69, 9.17) is 9.47 Å². The highest BCUT2D eigenvalue weighted by Crippen LogP contribution is 2.30. The lowest BCUT2D eigenvalue weighted by atomic mass is 10.3. The Morgan fingerprint density at radius 1 is 1.30 bits per heavy atom. The number of carbonyl (C=O) groups excluding carboxylic acids is 1. The molecule has 1 saturated heterocycles. The molecule has 27 heavy (non-hydrogen) atoms. The number of ether oxygens (including phenoxy) is 2. The van der Waals surface area contributed by atoms with Crippen LogP contribution >= 0.6 is 12.4 Å². The first-order valence-corrected chi connectivity index (χ1v) is 10.2. The smallest absolute Gasteiger partial charge is 0.246 e. The maximum absolute atomic E-state index is 12.9. The van der Waals surface area contributed by atoms with Crippen molar-refractivity contribution in [2.75, 3.05) is 51.8 Å². The molecule has 1 aromatic rings. The quantitative estimate of drug-likeness (QED) is 0.654. The van der Waals surface area contributed by atoms with Crippen molar-refractivity contribution in [3.63, 3.8) is 0 Å². The number of rotatable bonds is 8. The van der Waals surface area contributed by atoms with Gasteiger partial charge in [-0.25, -0.2) is 8.42 Å². The monoisotopic (exact) mass is 419 g/mol. The SMILES string of the molecule is COc1ccc(NC(=O)CNCC2CC2)cc1S(=O)(=O)N1CCOCC1.Cl. The lowest BCUT2D eigenvalue weighted by molar-refractivity contribution is -0.115. The summed E-state index contributed by atoms with van der Waals surface area (Å²) in [6.45, 7) is 2.37. The van der Waals surface area contributed by atoms with Gasteiger partial charge in [-0.3, -0.25) is 4.79 Å². The summed E-state index contributed by atoms with van der Waals surface area (Å²) in [6.07, 6.45) is 2.44. The van der Waals surface area contributed by atoms with Crippen molar-refractivity contribution in [1.82, 2.24) is 9.62 Å². The number of benzene rings is 1. The molecule has 3 rings (SSSR count). The molecule has 2 N–H and O–H groups in total. The predicted octanol–water partition coefficient (Wildman–Crippen LogP) is 1.08. The van der Waals surface area contributed by atoms with E-state index in [1.165, 1.54) is 30.3 Å². The number of anilines is 1. The number of amides is 1. The van der Waals surface area contributed by atoms with Gasteiger partial charge in [0.25, 0.3) is 0 Å². The van der Waals surface area contributed by atoms with E-state index in [2.05, 4.69) is 10.6 Å². The first-order chi connectivity index (χ1) is 12.5. The number of methoxy groups -OCH3 is 1. The minimum atomic E-state index is -3.72. The second-order valence-corrected chi connectivity index (χ2v) is 8.41. The molecule has 1 heterocycles. The number of carbonyl (C=O) groups is 1. The van der Waals surface area contributed by atoms with Crippen LogP contribution in [0.2, 0.25) is 0 Å². The molecule has 0 atom stereocenters. The van der Waals surface area contributed by atoms with Gasteiger partial charge in [0, 0.05) is 18.8 Å². The lowest BCUT2D eigenvalue weighted by Gasteiger charge is -2.26. The molecule has 10 heteroatoms. The Balaban J connectivity index is 0.00000261. The van der Waals surface area contributed by atoms with E-state index in [1.807, 2.05) is 0 Å². The number of hydrogen-bond donors (Lipinski definition) is 2. The molecular formula is C17H26ClN3O5S. The van der Waals surface area contributed by atoms with Crippen LogP contribution in [0.3, 0.4) is 0 Å². The first kappa shape index (κ1) is 21.9. The number of halogens is 1. The molecule has 152 valence electrons. The van der Waals surface area contributed by atoms with E-state index in [0.717, 1.165) is 6.54 Å². The Morgan fingerprint density at radius 3 is 2.63 bits per heavy atom. The lowest BCUT2D eigenvalue weighted by Crippen LogP contribution is -2.40. The third-order valence-electron chi connectivity index (χ3n) is 4.45. The van der Waals surface area contributed by atoms with E-state index < -0.39 is 10.0 Å². The highest BCUT2D eigenvalue weighted by Gasteiger charge is 2.29. The van der Waals surface area contributed by atoms with E-state index >= 15 is 0 Å². The van der Waals surface area contributed by atoms with Crippen molar-refractivity contribution in [2.24, 2.45) is 5.92 Å². The summed E-state index contributed by atoms with van der Waals surface area (Å²) in [5.74, 6) is 0.737. The average molecular weight is 420 g/mol. The molecule has 0 bridgehead atoms. The topological polar surface area (TPSA) is 97.0 Å². The number of hydrogen-bond acceptors (Lipinski definition) is 6. The molecular weight excluding hydrogens is 394 g/mol. The van der Waals surface area contributed by atoms with Crippen LogP contribution in [0.4, 0.5) is 5.69 Å². The van der Waals surface area contributed by atoms with Gasteiger partial charge in [0.05, 0.1) is 26.9 Å². The van der Waals surface area contributed by atoms with Gasteiger partial charge in [-0.2, -0.15) is 4.31 Å². The van der Waals surface area contributed by atoms with Gasteiger partial charge in [-0.15, -0.1) is 12.4 Å². The molecule has 1 saturated carbocycles. The Hall–Kier alpha value is -1.39. The zero-order chi connectivity index (χ0) is 18.6. The number of nitrogens with one attached hydrogen (secondary N) is 2. The molecule has 0 spiro atoms. The van der Waals surface area contributed by atoms with E-state index in [1.54, 1.807) is 12.1 Å². The van der Waals surface area contributed by atoms with Gasteiger partial charge in [-0.05, 0) is 43.5 Å². The Morgan fingerprint density at radius 2 is 2.00 bits per heavy atom. The molecule has 0 unspecified atom stereocenters. The Kier molecular flexibility index (Phi) is 7.87. The van der Waals surface area contributed by atoms with E-state index in [-0.39, 0.29) is 35.5 Å². The van der Waals surface area contributed by atoms with Crippen molar-refractivity contribution in [3.8, 4) is 5.75 Å². The zero-order valence-electron chi connectivity index (χ0n) is 15.3. The Bertz CT molecular complexity index is 749. The second kappa shape index (κ2) is 9.70. The summed E-state index contributed by atoms with van der Waals surface area (Å²) in [7, 11) is -2.30. The Labute approximate surface area is 166 Å². The highest BCUT2D eigenvalue weighted by atomic mass is 35.5. The van der Waals surface area contributed by atoms with Crippen LogP contribution in [0.5, 0.6) is 5.75 Å². The maximum atomic E-state index is 12.9. The average Bonchev–Trinajstić information content (AvgIpc) is 3.47. The van der Waals surface area contributed by atoms with Crippen LogP contribution in [0, 0.1) is 5.92 Å². The minimum absolute atomic E-state index is 0. The van der Waals surface area contributed by atoms with Crippen LogP contribution in [0.1, 0.15) is 12.8 Å². The molecule has 1 aliphatic carbocycles. The largest absolute Gasteiger partial charge is 0.495 e. The summed E-state index contributed by atoms with van der Waals surface area (Å²) in [4.78, 5) is 12.1. The van der Waals surface area contributed by atoms with Crippen molar-refractivity contribution >= 4 is 34.0 Å². The fraction of sp³-hybridized carbons (Fsp3) is 0.588. The zero-order valence-corrected chi connectivity index (χ0v) is 16.9. The van der Waals surface area contributed by atoms with Gasteiger partial charge in [-0.1, -0.05) is 0 Å². The van der Waals surface area contributed by atoms with Gasteiger partial charge >= 0.3 is 0 Å². The van der Waals surface area contributed by atoms with Crippen LogP contribution in [-0.4, -0.2) is 65.1 Å². The molecule has 0 aromatic heterocycles. The van der Waals surface area contributed by atoms with Gasteiger partial charge in [0.1, 0.15) is 10.6 Å². The maximum Gasteiger partial charge on any atom is 0.246 e. The predicted molar refractivity (Wildman–Crippen MR) is 104 cm³/mol. The van der Waals surface area contributed by atoms with Gasteiger partial charge in [0.15, 0.2) is 0 Å². The first-order valence-electron chi connectivity index (χ1n) is 8.77. The van der Waals surface area contributed by atoms with Crippen molar-refractivity contribution in [3.05, 3.63) is 18.2 Å². The van der Waals surface area contributed by atoms with Crippen molar-refractivity contribution in [1.29, 1.82) is 0 Å². The second-order valence-electron chi connectivity index (χ2n) is 6.50. The molecule has 0 radical (unpaired) electrons. The summed E-state index contributed by atoms with van der Waals surface area (Å²) >= 11 is 0. The molecule has 2 aliphatic rings. The van der Waals surface area contributed by atoms with Crippen molar-refractivity contribution < 1.29 is 22.7 Å². The minimum Gasteiger partial charge on any atom is -0.495 e. The molecule has 2 fully saturated rings. The van der Waals surface area contributed by atoms with E-state index in [0.29, 0.717) is 37.9 Å². The third kappa shape index (κ3) is 5.79. The number of morpholine rings is 1. The summed E-state index contributed by atoms with van der Waals surface area (Å²) in [5, 5.41) is 5.85. The van der Waals surface area contributed by atoms with Crippen LogP contribution in [0.25, 0.3) is 0 Å². The fourth-order valence-corrected chi connectivity index (χ4v) is 4.39. The standard InChI is InChI=1S/C17H25N3O5S.ClH/c1-24-15-5-4-14(19-17(21)12-18-11-13-2-3-13)10-16(15)26(22,23)20-6-8-25-9-7-20;/h4-5,10,13,18H,2-3,6-9,11-12H2,1H3,(H,19,21);1H.